The smallest absolute Gasteiger partial charge is 0.249 e. The van der Waals surface area contributed by atoms with Crippen molar-refractivity contribution in [2.24, 2.45) is 0 Å². The molecule has 3 aromatic carbocycles. The van der Waals surface area contributed by atoms with Gasteiger partial charge in [-0.1, -0.05) is 35.9 Å². The van der Waals surface area contributed by atoms with Gasteiger partial charge in [0.05, 0.1) is 13.7 Å². The number of aromatic nitrogens is 2. The van der Waals surface area contributed by atoms with Gasteiger partial charge in [0.25, 0.3) is 0 Å². The first kappa shape index (κ1) is 23.8. The summed E-state index contributed by atoms with van der Waals surface area (Å²) in [5, 5.41) is 7.06. The highest BCUT2D eigenvalue weighted by Crippen LogP contribution is 2.23. The van der Waals surface area contributed by atoms with Gasteiger partial charge in [0.2, 0.25) is 5.91 Å². The van der Waals surface area contributed by atoms with Crippen LogP contribution in [0.5, 0.6) is 11.5 Å². The van der Waals surface area contributed by atoms with Gasteiger partial charge in [-0.15, -0.1) is 0 Å². The van der Waals surface area contributed by atoms with Crippen LogP contribution in [0.25, 0.3) is 6.08 Å². The minimum absolute atomic E-state index is 0.295. The van der Waals surface area contributed by atoms with Gasteiger partial charge in [-0.3, -0.25) is 9.48 Å². The molecule has 0 radical (unpaired) electrons. The number of amides is 1. The second-order valence-corrected chi connectivity index (χ2v) is 8.02. The van der Waals surface area contributed by atoms with E-state index in [-0.39, 0.29) is 11.7 Å². The van der Waals surface area contributed by atoms with Crippen LogP contribution in [0, 0.1) is 12.7 Å². The van der Waals surface area contributed by atoms with Gasteiger partial charge in [-0.2, -0.15) is 5.10 Å². The van der Waals surface area contributed by atoms with Crippen LogP contribution in [0.1, 0.15) is 22.3 Å². The van der Waals surface area contributed by atoms with E-state index in [2.05, 4.69) is 10.4 Å². The van der Waals surface area contributed by atoms with Crippen LogP contribution >= 0.6 is 0 Å². The minimum Gasteiger partial charge on any atom is -0.496 e. The van der Waals surface area contributed by atoms with E-state index in [0.717, 1.165) is 22.4 Å². The molecule has 0 aliphatic carbocycles. The molecule has 178 valence electrons. The maximum atomic E-state index is 13.4. The van der Waals surface area contributed by atoms with Crippen LogP contribution in [0.2, 0.25) is 0 Å². The van der Waals surface area contributed by atoms with Gasteiger partial charge < -0.3 is 14.8 Å². The number of aryl methyl sites for hydroxylation is 1. The summed E-state index contributed by atoms with van der Waals surface area (Å²) in [5.74, 6) is 1.29. The zero-order valence-corrected chi connectivity index (χ0v) is 19.6. The van der Waals surface area contributed by atoms with Crippen molar-refractivity contribution < 1.29 is 18.7 Å². The molecule has 1 N–H and O–H groups in total. The van der Waals surface area contributed by atoms with Crippen molar-refractivity contribution in [2.45, 2.75) is 20.1 Å². The Kier molecular flexibility index (Phi) is 7.57. The van der Waals surface area contributed by atoms with Gasteiger partial charge in [0, 0.05) is 23.9 Å². The fraction of sp³-hybridized carbons (Fsp3) is 0.143. The highest BCUT2D eigenvalue weighted by Gasteiger charge is 2.07. The van der Waals surface area contributed by atoms with E-state index in [1.165, 1.54) is 23.8 Å². The molecular weight excluding hydrogens is 445 g/mol. The van der Waals surface area contributed by atoms with E-state index in [9.17, 15) is 9.18 Å². The first-order chi connectivity index (χ1) is 17.0. The van der Waals surface area contributed by atoms with Crippen molar-refractivity contribution in [1.82, 2.24) is 9.78 Å². The van der Waals surface area contributed by atoms with Crippen LogP contribution in [-0.4, -0.2) is 22.8 Å². The second kappa shape index (κ2) is 11.2. The number of hydrogen-bond acceptors (Lipinski definition) is 4. The molecule has 0 fully saturated rings. The molecule has 0 atom stereocenters. The van der Waals surface area contributed by atoms with E-state index in [1.54, 1.807) is 36.2 Å². The molecular formula is C28H26FN3O3. The Morgan fingerprint density at radius 1 is 1.09 bits per heavy atom. The second-order valence-electron chi connectivity index (χ2n) is 8.02. The third-order valence-electron chi connectivity index (χ3n) is 5.27. The average molecular weight is 472 g/mol. The summed E-state index contributed by atoms with van der Waals surface area (Å²) in [6.07, 6.45) is 4.89. The normalized spacial score (nSPS) is 10.9. The molecule has 0 spiro atoms. The number of halogens is 1. The van der Waals surface area contributed by atoms with Crippen molar-refractivity contribution in [3.63, 3.8) is 0 Å². The standard InChI is InChI=1S/C28H26FN3O3/c1-20-6-10-25(11-7-20)35-19-23-16-21(8-12-26(23)34-2)9-13-28(33)30-27-14-15-32(31-27)18-22-4-3-5-24(29)17-22/h3-17H,18-19H2,1-2H3,(H,30,31,33)/b13-9+. The molecule has 0 aliphatic rings. The Morgan fingerprint density at radius 2 is 1.91 bits per heavy atom. The molecule has 4 rings (SSSR count). The topological polar surface area (TPSA) is 65.4 Å². The predicted octanol–water partition coefficient (Wildman–Crippen LogP) is 5.62. The van der Waals surface area contributed by atoms with E-state index in [1.807, 2.05) is 55.5 Å². The molecule has 1 amide bonds. The number of anilines is 1. The highest BCUT2D eigenvalue weighted by atomic mass is 19.1. The Labute approximate surface area is 203 Å². The Hall–Kier alpha value is -4.39. The van der Waals surface area contributed by atoms with Gasteiger partial charge in [-0.25, -0.2) is 4.39 Å². The minimum atomic E-state index is -0.311. The molecule has 35 heavy (non-hydrogen) atoms. The van der Waals surface area contributed by atoms with E-state index < -0.39 is 0 Å². The SMILES string of the molecule is COc1ccc(/C=C/C(=O)Nc2ccn(Cc3cccc(F)c3)n2)cc1COc1ccc(C)cc1. The van der Waals surface area contributed by atoms with Gasteiger partial charge in [0.1, 0.15) is 23.9 Å². The van der Waals surface area contributed by atoms with Crippen molar-refractivity contribution in [3.05, 3.63) is 113 Å². The summed E-state index contributed by atoms with van der Waals surface area (Å²) in [5.41, 5.74) is 3.65. The quantitative estimate of drug-likeness (QED) is 0.322. The maximum absolute atomic E-state index is 13.4. The summed E-state index contributed by atoms with van der Waals surface area (Å²) >= 11 is 0. The summed E-state index contributed by atoms with van der Waals surface area (Å²) in [7, 11) is 1.61. The molecule has 4 aromatic rings. The first-order valence-electron chi connectivity index (χ1n) is 11.1. The summed E-state index contributed by atoms with van der Waals surface area (Å²) in [6, 6.07) is 21.5. The van der Waals surface area contributed by atoms with Gasteiger partial charge >= 0.3 is 0 Å². The fourth-order valence-corrected chi connectivity index (χ4v) is 3.49. The zero-order chi connectivity index (χ0) is 24.6. The van der Waals surface area contributed by atoms with Crippen LogP contribution < -0.4 is 14.8 Å². The van der Waals surface area contributed by atoms with Gasteiger partial charge in [0.15, 0.2) is 5.82 Å². The van der Waals surface area contributed by atoms with Crippen molar-refractivity contribution in [1.29, 1.82) is 0 Å². The van der Waals surface area contributed by atoms with Crippen LogP contribution in [0.3, 0.4) is 0 Å². The van der Waals surface area contributed by atoms with Crippen LogP contribution in [0.15, 0.2) is 85.1 Å². The summed E-state index contributed by atoms with van der Waals surface area (Å²) < 4.78 is 26.3. The van der Waals surface area contributed by atoms with Crippen LogP contribution in [0.4, 0.5) is 10.2 Å². The number of hydrogen-bond donors (Lipinski definition) is 1. The molecule has 0 unspecified atom stereocenters. The number of benzene rings is 3. The van der Waals surface area contributed by atoms with Crippen molar-refractivity contribution in [2.75, 3.05) is 12.4 Å². The first-order valence-corrected chi connectivity index (χ1v) is 11.1. The molecule has 0 bridgehead atoms. The number of methoxy groups -OCH3 is 1. The number of nitrogens with zero attached hydrogens (tertiary/aromatic N) is 2. The average Bonchev–Trinajstić information content (AvgIpc) is 3.28. The molecule has 1 aromatic heterocycles. The predicted molar refractivity (Wildman–Crippen MR) is 134 cm³/mol. The lowest BCUT2D eigenvalue weighted by molar-refractivity contribution is -0.111. The number of rotatable bonds is 9. The van der Waals surface area contributed by atoms with E-state index >= 15 is 0 Å². The summed E-state index contributed by atoms with van der Waals surface area (Å²) in [4.78, 5) is 12.4. The Balaban J connectivity index is 1.36. The van der Waals surface area contributed by atoms with Gasteiger partial charge in [-0.05, 0) is 60.5 Å². The molecule has 1 heterocycles. The lowest BCUT2D eigenvalue weighted by Gasteiger charge is -2.11. The van der Waals surface area contributed by atoms with Crippen LogP contribution in [-0.2, 0) is 17.9 Å². The molecule has 7 heteroatoms. The number of carbonyl (C=O) groups is 1. The largest absolute Gasteiger partial charge is 0.496 e. The highest BCUT2D eigenvalue weighted by molar-refractivity contribution is 6.01. The van der Waals surface area contributed by atoms with Crippen molar-refractivity contribution >= 4 is 17.8 Å². The third kappa shape index (κ3) is 6.80. The Bertz CT molecular complexity index is 1330. The number of carbonyl (C=O) groups excluding carboxylic acids is 1. The summed E-state index contributed by atoms with van der Waals surface area (Å²) in [6.45, 7) is 2.77. The maximum Gasteiger partial charge on any atom is 0.249 e. The number of ether oxygens (including phenoxy) is 2. The third-order valence-corrected chi connectivity index (χ3v) is 5.27. The van der Waals surface area contributed by atoms with E-state index in [4.69, 9.17) is 9.47 Å². The number of nitrogens with one attached hydrogen (secondary N) is 1. The monoisotopic (exact) mass is 471 g/mol. The molecule has 0 saturated heterocycles. The lowest BCUT2D eigenvalue weighted by atomic mass is 10.1. The molecule has 0 aliphatic heterocycles. The fourth-order valence-electron chi connectivity index (χ4n) is 3.49. The van der Waals surface area contributed by atoms with E-state index in [0.29, 0.717) is 24.7 Å². The molecule has 0 saturated carbocycles. The lowest BCUT2D eigenvalue weighted by Crippen LogP contribution is -2.09. The molecule has 6 nitrogen and oxygen atoms in total. The van der Waals surface area contributed by atoms with Crippen molar-refractivity contribution in [3.8, 4) is 11.5 Å². The zero-order valence-electron chi connectivity index (χ0n) is 19.6. The Morgan fingerprint density at radius 3 is 2.69 bits per heavy atom.